The van der Waals surface area contributed by atoms with Crippen LogP contribution < -0.4 is 5.32 Å². The SMILES string of the molecule is CC(C)COCCOC(=O)C1NCC2CCCC21. The first kappa shape index (κ1) is 13.8. The summed E-state index contributed by atoms with van der Waals surface area (Å²) in [4.78, 5) is 11.9. The molecule has 0 aromatic heterocycles. The second kappa shape index (κ2) is 6.53. The number of hydrogen-bond acceptors (Lipinski definition) is 4. The second-order valence-electron chi connectivity index (χ2n) is 5.88. The zero-order valence-corrected chi connectivity index (χ0v) is 11.5. The van der Waals surface area contributed by atoms with E-state index in [1.54, 1.807) is 0 Å². The van der Waals surface area contributed by atoms with E-state index in [1.807, 2.05) is 0 Å². The summed E-state index contributed by atoms with van der Waals surface area (Å²) in [6.07, 6.45) is 3.69. The fourth-order valence-corrected chi connectivity index (χ4v) is 3.06. The summed E-state index contributed by atoms with van der Waals surface area (Å²) in [6, 6.07) is -0.0670. The maximum Gasteiger partial charge on any atom is 0.323 e. The highest BCUT2D eigenvalue weighted by Gasteiger charge is 2.43. The van der Waals surface area contributed by atoms with Gasteiger partial charge in [0.2, 0.25) is 0 Å². The predicted molar refractivity (Wildman–Crippen MR) is 69.2 cm³/mol. The molecular weight excluding hydrogens is 230 g/mol. The Kier molecular flexibility index (Phi) is 5.01. The molecule has 0 spiro atoms. The smallest absolute Gasteiger partial charge is 0.323 e. The number of carbonyl (C=O) groups is 1. The summed E-state index contributed by atoms with van der Waals surface area (Å²) in [5, 5.41) is 3.30. The van der Waals surface area contributed by atoms with E-state index in [9.17, 15) is 4.79 Å². The fraction of sp³-hybridized carbons (Fsp3) is 0.929. The van der Waals surface area contributed by atoms with Gasteiger partial charge in [0.1, 0.15) is 12.6 Å². The van der Waals surface area contributed by atoms with Crippen molar-refractivity contribution in [1.29, 1.82) is 0 Å². The third-order valence-electron chi connectivity index (χ3n) is 3.92. The molecule has 2 aliphatic rings. The zero-order chi connectivity index (χ0) is 13.0. The Bertz CT molecular complexity index is 280. The van der Waals surface area contributed by atoms with Crippen molar-refractivity contribution < 1.29 is 14.3 Å². The lowest BCUT2D eigenvalue weighted by molar-refractivity contribution is -0.148. The Labute approximate surface area is 109 Å². The molecular formula is C14H25NO3. The lowest BCUT2D eigenvalue weighted by atomic mass is 9.94. The van der Waals surface area contributed by atoms with Gasteiger partial charge >= 0.3 is 5.97 Å². The van der Waals surface area contributed by atoms with E-state index in [0.29, 0.717) is 31.0 Å². The number of carbonyl (C=O) groups excluding carboxylic acids is 1. The molecule has 0 aromatic rings. The molecule has 3 atom stereocenters. The van der Waals surface area contributed by atoms with Crippen LogP contribution in [0.5, 0.6) is 0 Å². The normalized spacial score (nSPS) is 30.7. The highest BCUT2D eigenvalue weighted by atomic mass is 16.6. The second-order valence-corrected chi connectivity index (χ2v) is 5.88. The van der Waals surface area contributed by atoms with Gasteiger partial charge in [0.15, 0.2) is 0 Å². The number of fused-ring (bicyclic) bond motifs is 1. The minimum absolute atomic E-state index is 0.0670. The molecule has 0 aromatic carbocycles. The van der Waals surface area contributed by atoms with Crippen molar-refractivity contribution in [3.05, 3.63) is 0 Å². The molecule has 1 saturated heterocycles. The van der Waals surface area contributed by atoms with E-state index in [-0.39, 0.29) is 12.0 Å². The van der Waals surface area contributed by atoms with Gasteiger partial charge in [0.05, 0.1) is 6.61 Å². The highest BCUT2D eigenvalue weighted by Crippen LogP contribution is 2.37. The van der Waals surface area contributed by atoms with Crippen LogP contribution in [0.3, 0.4) is 0 Å². The van der Waals surface area contributed by atoms with Gasteiger partial charge in [-0.05, 0) is 37.1 Å². The summed E-state index contributed by atoms with van der Waals surface area (Å²) in [5.74, 6) is 1.64. The summed E-state index contributed by atoms with van der Waals surface area (Å²) in [5.41, 5.74) is 0. The Morgan fingerprint density at radius 1 is 1.33 bits per heavy atom. The van der Waals surface area contributed by atoms with E-state index in [4.69, 9.17) is 9.47 Å². The van der Waals surface area contributed by atoms with Crippen molar-refractivity contribution in [2.75, 3.05) is 26.4 Å². The van der Waals surface area contributed by atoms with E-state index in [1.165, 1.54) is 19.3 Å². The Hall–Kier alpha value is -0.610. The average Bonchev–Trinajstić information content (AvgIpc) is 2.89. The fourth-order valence-electron chi connectivity index (χ4n) is 3.06. The molecule has 18 heavy (non-hydrogen) atoms. The number of rotatable bonds is 6. The van der Waals surface area contributed by atoms with Crippen molar-refractivity contribution in [2.24, 2.45) is 17.8 Å². The lowest BCUT2D eigenvalue weighted by Gasteiger charge is -2.17. The van der Waals surface area contributed by atoms with Crippen LogP contribution in [0.15, 0.2) is 0 Å². The van der Waals surface area contributed by atoms with Gasteiger partial charge in [-0.15, -0.1) is 0 Å². The molecule has 1 aliphatic carbocycles. The van der Waals surface area contributed by atoms with Crippen molar-refractivity contribution in [2.45, 2.75) is 39.2 Å². The average molecular weight is 255 g/mol. The molecule has 2 rings (SSSR count). The molecule has 3 unspecified atom stereocenters. The van der Waals surface area contributed by atoms with E-state index >= 15 is 0 Å². The van der Waals surface area contributed by atoms with Crippen LogP contribution in [0.1, 0.15) is 33.1 Å². The van der Waals surface area contributed by atoms with Gasteiger partial charge in [-0.1, -0.05) is 20.3 Å². The van der Waals surface area contributed by atoms with Gasteiger partial charge in [0.25, 0.3) is 0 Å². The first-order valence-corrected chi connectivity index (χ1v) is 7.16. The van der Waals surface area contributed by atoms with Crippen LogP contribution in [-0.2, 0) is 14.3 Å². The zero-order valence-electron chi connectivity index (χ0n) is 11.5. The summed E-state index contributed by atoms with van der Waals surface area (Å²) in [6.45, 7) is 6.80. The van der Waals surface area contributed by atoms with Gasteiger partial charge in [-0.25, -0.2) is 0 Å². The number of esters is 1. The third-order valence-corrected chi connectivity index (χ3v) is 3.92. The highest BCUT2D eigenvalue weighted by molar-refractivity contribution is 5.76. The van der Waals surface area contributed by atoms with Crippen LogP contribution in [0.4, 0.5) is 0 Å². The van der Waals surface area contributed by atoms with Crippen molar-refractivity contribution in [3.8, 4) is 0 Å². The molecule has 1 aliphatic heterocycles. The van der Waals surface area contributed by atoms with E-state index in [0.717, 1.165) is 13.2 Å². The standard InChI is InChI=1S/C14H25NO3/c1-10(2)9-17-6-7-18-14(16)13-12-5-3-4-11(12)8-15-13/h10-13,15H,3-9H2,1-2H3. The predicted octanol–water partition coefficient (Wildman–Crippen LogP) is 1.59. The topological polar surface area (TPSA) is 47.6 Å². The molecule has 104 valence electrons. The van der Waals surface area contributed by atoms with Gasteiger partial charge in [-0.3, -0.25) is 4.79 Å². The van der Waals surface area contributed by atoms with Crippen LogP contribution in [-0.4, -0.2) is 38.4 Å². The number of hydrogen-bond donors (Lipinski definition) is 1. The molecule has 4 nitrogen and oxygen atoms in total. The van der Waals surface area contributed by atoms with Crippen molar-refractivity contribution in [3.63, 3.8) is 0 Å². The molecule has 0 radical (unpaired) electrons. The number of ether oxygens (including phenoxy) is 2. The lowest BCUT2D eigenvalue weighted by Crippen LogP contribution is -2.37. The molecule has 1 N–H and O–H groups in total. The van der Waals surface area contributed by atoms with Crippen LogP contribution in [0, 0.1) is 17.8 Å². The van der Waals surface area contributed by atoms with Crippen LogP contribution in [0.25, 0.3) is 0 Å². The van der Waals surface area contributed by atoms with Gasteiger partial charge < -0.3 is 14.8 Å². The minimum atomic E-state index is -0.0856. The minimum Gasteiger partial charge on any atom is -0.462 e. The first-order valence-electron chi connectivity index (χ1n) is 7.16. The maximum absolute atomic E-state index is 11.9. The summed E-state index contributed by atoms with van der Waals surface area (Å²) in [7, 11) is 0. The Morgan fingerprint density at radius 3 is 2.94 bits per heavy atom. The quantitative estimate of drug-likeness (QED) is 0.578. The molecule has 4 heteroatoms. The van der Waals surface area contributed by atoms with E-state index in [2.05, 4.69) is 19.2 Å². The third kappa shape index (κ3) is 3.45. The molecule has 1 heterocycles. The first-order chi connectivity index (χ1) is 8.68. The summed E-state index contributed by atoms with van der Waals surface area (Å²) < 4.78 is 10.7. The van der Waals surface area contributed by atoms with Crippen molar-refractivity contribution >= 4 is 5.97 Å². The maximum atomic E-state index is 11.9. The monoisotopic (exact) mass is 255 g/mol. The van der Waals surface area contributed by atoms with Gasteiger partial charge in [0, 0.05) is 6.61 Å². The van der Waals surface area contributed by atoms with Crippen LogP contribution >= 0.6 is 0 Å². The van der Waals surface area contributed by atoms with Crippen LogP contribution in [0.2, 0.25) is 0 Å². The summed E-state index contributed by atoms with van der Waals surface area (Å²) >= 11 is 0. The van der Waals surface area contributed by atoms with E-state index < -0.39 is 0 Å². The number of nitrogens with one attached hydrogen (secondary N) is 1. The molecule has 2 fully saturated rings. The molecule has 1 saturated carbocycles. The molecule has 0 amide bonds. The molecule has 0 bridgehead atoms. The largest absolute Gasteiger partial charge is 0.462 e. The Morgan fingerprint density at radius 2 is 2.17 bits per heavy atom. The van der Waals surface area contributed by atoms with Gasteiger partial charge in [-0.2, -0.15) is 0 Å². The Balaban J connectivity index is 1.63. The van der Waals surface area contributed by atoms with Crippen molar-refractivity contribution in [1.82, 2.24) is 5.32 Å².